The number of nitrogens with one attached hydrogen (secondary N) is 1. The Hall–Kier alpha value is -1.41. The highest BCUT2D eigenvalue weighted by Crippen LogP contribution is 2.29. The summed E-state index contributed by atoms with van der Waals surface area (Å²) in [5.41, 5.74) is 0.366. The number of carbonyl (C=O) groups is 1. The van der Waals surface area contributed by atoms with Crippen LogP contribution >= 0.6 is 11.8 Å². The third kappa shape index (κ3) is 7.25. The number of thioether (sulfide) groups is 1. The Morgan fingerprint density at radius 2 is 1.96 bits per heavy atom. The second kappa shape index (κ2) is 10.8. The molecule has 0 saturated heterocycles. The predicted molar refractivity (Wildman–Crippen MR) is 112 cm³/mol. The highest BCUT2D eigenvalue weighted by Gasteiger charge is 2.23. The van der Waals surface area contributed by atoms with Gasteiger partial charge in [-0.3, -0.25) is 9.10 Å². The molecule has 0 aromatic heterocycles. The largest absolute Gasteiger partial charge is 0.495 e. The van der Waals surface area contributed by atoms with Gasteiger partial charge in [0.25, 0.3) is 0 Å². The van der Waals surface area contributed by atoms with Crippen molar-refractivity contribution in [2.45, 2.75) is 43.8 Å². The maximum absolute atomic E-state index is 12.3. The molecule has 152 valence electrons. The fourth-order valence-electron chi connectivity index (χ4n) is 3.18. The smallest absolute Gasteiger partial charge is 0.240 e. The molecule has 6 nitrogen and oxygen atoms in total. The van der Waals surface area contributed by atoms with E-state index in [4.69, 9.17) is 4.74 Å². The molecule has 0 spiro atoms. The van der Waals surface area contributed by atoms with Gasteiger partial charge in [0.1, 0.15) is 12.3 Å². The Balaban J connectivity index is 1.82. The van der Waals surface area contributed by atoms with Crippen molar-refractivity contribution in [1.29, 1.82) is 0 Å². The number of methoxy groups -OCH3 is 1. The molecular weight excluding hydrogens is 384 g/mol. The molecule has 0 unspecified atom stereocenters. The molecule has 0 heterocycles. The minimum Gasteiger partial charge on any atom is -0.495 e. The predicted octanol–water partition coefficient (Wildman–Crippen LogP) is 3.03. The van der Waals surface area contributed by atoms with Gasteiger partial charge < -0.3 is 10.1 Å². The Labute approximate surface area is 167 Å². The Kier molecular flexibility index (Phi) is 8.76. The summed E-state index contributed by atoms with van der Waals surface area (Å²) in [6.07, 6.45) is 8.61. The van der Waals surface area contributed by atoms with Gasteiger partial charge in [0, 0.05) is 11.8 Å². The quantitative estimate of drug-likeness (QED) is 0.596. The molecule has 1 fully saturated rings. The number of para-hydroxylation sites is 2. The second-order valence-electron chi connectivity index (χ2n) is 6.78. The molecule has 2 rings (SSSR count). The van der Waals surface area contributed by atoms with Crippen molar-refractivity contribution in [3.63, 3.8) is 0 Å². The van der Waals surface area contributed by atoms with E-state index in [-0.39, 0.29) is 12.5 Å². The van der Waals surface area contributed by atoms with Gasteiger partial charge in [-0.25, -0.2) is 8.42 Å². The SMILES string of the molecule is COc1ccccc1N(CC(=O)NCCCSC1CCCCC1)S(C)(=O)=O. The van der Waals surface area contributed by atoms with Crippen molar-refractivity contribution in [2.24, 2.45) is 0 Å². The van der Waals surface area contributed by atoms with E-state index in [0.717, 1.165) is 28.0 Å². The van der Waals surface area contributed by atoms with Gasteiger partial charge in [0.15, 0.2) is 0 Å². The summed E-state index contributed by atoms with van der Waals surface area (Å²) in [6.45, 7) is 0.303. The number of nitrogens with zero attached hydrogens (tertiary/aromatic N) is 1. The Bertz CT molecular complexity index is 703. The van der Waals surface area contributed by atoms with Crippen LogP contribution in [0.4, 0.5) is 5.69 Å². The number of amides is 1. The van der Waals surface area contributed by atoms with Gasteiger partial charge in [-0.15, -0.1) is 0 Å². The maximum Gasteiger partial charge on any atom is 0.240 e. The van der Waals surface area contributed by atoms with Gasteiger partial charge in [-0.05, 0) is 37.1 Å². The molecule has 27 heavy (non-hydrogen) atoms. The fraction of sp³-hybridized carbons (Fsp3) is 0.632. The number of carbonyl (C=O) groups excluding carboxylic acids is 1. The lowest BCUT2D eigenvalue weighted by Gasteiger charge is -2.23. The van der Waals surface area contributed by atoms with E-state index >= 15 is 0 Å². The molecule has 8 heteroatoms. The first kappa shape index (κ1) is 21.9. The summed E-state index contributed by atoms with van der Waals surface area (Å²) in [4.78, 5) is 12.3. The first-order chi connectivity index (χ1) is 12.9. The molecule has 1 saturated carbocycles. The maximum atomic E-state index is 12.3. The zero-order chi connectivity index (χ0) is 19.7. The Morgan fingerprint density at radius 3 is 2.63 bits per heavy atom. The van der Waals surface area contributed by atoms with Crippen molar-refractivity contribution in [3.05, 3.63) is 24.3 Å². The van der Waals surface area contributed by atoms with Crippen LogP contribution in [0, 0.1) is 0 Å². The third-order valence-electron chi connectivity index (χ3n) is 4.59. The highest BCUT2D eigenvalue weighted by molar-refractivity contribution is 7.99. The highest BCUT2D eigenvalue weighted by atomic mass is 32.2. The van der Waals surface area contributed by atoms with E-state index in [9.17, 15) is 13.2 Å². The van der Waals surface area contributed by atoms with E-state index in [1.807, 2.05) is 11.8 Å². The first-order valence-electron chi connectivity index (χ1n) is 9.41. The summed E-state index contributed by atoms with van der Waals surface area (Å²) < 4.78 is 30.7. The first-order valence-corrected chi connectivity index (χ1v) is 12.3. The standard InChI is InChI=1S/C19H30N2O4S2/c1-25-18-12-7-6-11-17(18)21(27(2,23)24)15-19(22)20-13-8-14-26-16-9-4-3-5-10-16/h6-7,11-12,16H,3-5,8-10,13-15H2,1-2H3,(H,20,22). The van der Waals surface area contributed by atoms with Crippen molar-refractivity contribution >= 4 is 33.4 Å². The van der Waals surface area contributed by atoms with Crippen LogP contribution in [0.3, 0.4) is 0 Å². The second-order valence-corrected chi connectivity index (χ2v) is 10.1. The molecule has 0 bridgehead atoms. The number of benzene rings is 1. The van der Waals surface area contributed by atoms with Gasteiger partial charge in [0.2, 0.25) is 15.9 Å². The minimum absolute atomic E-state index is 0.255. The van der Waals surface area contributed by atoms with Crippen LogP contribution in [-0.4, -0.2) is 51.8 Å². The van der Waals surface area contributed by atoms with Crippen LogP contribution in [-0.2, 0) is 14.8 Å². The van der Waals surface area contributed by atoms with Crippen molar-refractivity contribution in [2.75, 3.05) is 36.5 Å². The average molecular weight is 415 g/mol. The molecule has 1 aromatic carbocycles. The molecule has 1 aromatic rings. The summed E-state index contributed by atoms with van der Waals surface area (Å²) in [7, 11) is -2.13. The summed E-state index contributed by atoms with van der Waals surface area (Å²) in [5, 5.41) is 3.60. The van der Waals surface area contributed by atoms with Crippen LogP contribution < -0.4 is 14.4 Å². The summed E-state index contributed by atoms with van der Waals surface area (Å²) in [5.74, 6) is 1.13. The van der Waals surface area contributed by atoms with Crippen molar-refractivity contribution in [1.82, 2.24) is 5.32 Å². The van der Waals surface area contributed by atoms with Crippen LogP contribution in [0.25, 0.3) is 0 Å². The number of rotatable bonds is 10. The van der Waals surface area contributed by atoms with E-state index in [1.165, 1.54) is 39.2 Å². The number of ether oxygens (including phenoxy) is 1. The fourth-order valence-corrected chi connectivity index (χ4v) is 5.36. The zero-order valence-electron chi connectivity index (χ0n) is 16.1. The summed E-state index contributed by atoms with van der Waals surface area (Å²) >= 11 is 1.99. The third-order valence-corrected chi connectivity index (χ3v) is 7.18. The van der Waals surface area contributed by atoms with E-state index < -0.39 is 10.0 Å². The molecule has 0 aliphatic heterocycles. The number of hydrogen-bond donors (Lipinski definition) is 1. The zero-order valence-corrected chi connectivity index (χ0v) is 17.8. The van der Waals surface area contributed by atoms with Crippen LogP contribution in [0.1, 0.15) is 38.5 Å². The molecule has 0 radical (unpaired) electrons. The number of hydrogen-bond acceptors (Lipinski definition) is 5. The molecule has 1 N–H and O–H groups in total. The summed E-state index contributed by atoms with van der Waals surface area (Å²) in [6, 6.07) is 6.78. The topological polar surface area (TPSA) is 75.7 Å². The minimum atomic E-state index is -3.61. The average Bonchev–Trinajstić information content (AvgIpc) is 2.66. The van der Waals surface area contributed by atoms with Crippen LogP contribution in [0.5, 0.6) is 5.75 Å². The molecule has 1 aliphatic rings. The van der Waals surface area contributed by atoms with E-state index in [0.29, 0.717) is 18.0 Å². The van der Waals surface area contributed by atoms with Crippen molar-refractivity contribution < 1.29 is 17.9 Å². The molecule has 1 aliphatic carbocycles. The van der Waals surface area contributed by atoms with E-state index in [1.54, 1.807) is 24.3 Å². The number of sulfonamides is 1. The van der Waals surface area contributed by atoms with Crippen molar-refractivity contribution in [3.8, 4) is 5.75 Å². The lowest BCUT2D eigenvalue weighted by atomic mass is 10.0. The lowest BCUT2D eigenvalue weighted by Crippen LogP contribution is -2.40. The van der Waals surface area contributed by atoms with Gasteiger partial charge in [0.05, 0.1) is 19.1 Å². The Morgan fingerprint density at radius 1 is 1.26 bits per heavy atom. The van der Waals surface area contributed by atoms with Crippen LogP contribution in [0.2, 0.25) is 0 Å². The van der Waals surface area contributed by atoms with E-state index in [2.05, 4.69) is 5.32 Å². The molecular formula is C19H30N2O4S2. The normalized spacial score (nSPS) is 15.3. The lowest BCUT2D eigenvalue weighted by molar-refractivity contribution is -0.119. The van der Waals surface area contributed by atoms with Gasteiger partial charge >= 0.3 is 0 Å². The molecule has 1 amide bonds. The van der Waals surface area contributed by atoms with Gasteiger partial charge in [-0.2, -0.15) is 11.8 Å². The molecule has 0 atom stereocenters. The monoisotopic (exact) mass is 414 g/mol. The van der Waals surface area contributed by atoms with Gasteiger partial charge in [-0.1, -0.05) is 31.4 Å². The van der Waals surface area contributed by atoms with Crippen LogP contribution in [0.15, 0.2) is 24.3 Å². The number of anilines is 1.